The van der Waals surface area contributed by atoms with Crippen LogP contribution in [0, 0.1) is 24.7 Å². The molecule has 0 nitrogen and oxygen atoms in total. The van der Waals surface area contributed by atoms with E-state index >= 15 is 0 Å². The molecule has 0 amide bonds. The van der Waals surface area contributed by atoms with Gasteiger partial charge in [0.05, 0.1) is 0 Å². The maximum atomic E-state index is 3.97. The summed E-state index contributed by atoms with van der Waals surface area (Å²) in [4.78, 5) is 0. The van der Waals surface area contributed by atoms with Gasteiger partial charge in [-0.25, -0.2) is 0 Å². The van der Waals surface area contributed by atoms with E-state index in [1.807, 2.05) is 0 Å². The molecular formula is C21H30. The van der Waals surface area contributed by atoms with Crippen molar-refractivity contribution in [2.24, 2.45) is 17.8 Å². The second kappa shape index (κ2) is 6.81. The lowest BCUT2D eigenvalue weighted by Crippen LogP contribution is -2.25. The van der Waals surface area contributed by atoms with E-state index in [0.717, 1.165) is 23.7 Å². The van der Waals surface area contributed by atoms with Crippen molar-refractivity contribution in [3.8, 4) is 0 Å². The van der Waals surface area contributed by atoms with Crippen LogP contribution in [0.3, 0.4) is 0 Å². The molecule has 0 atom stereocenters. The molecule has 0 unspecified atom stereocenters. The first-order chi connectivity index (χ1) is 10.3. The molecule has 114 valence electrons. The molecule has 0 N–H and O–H groups in total. The predicted molar refractivity (Wildman–Crippen MR) is 91.5 cm³/mol. The summed E-state index contributed by atoms with van der Waals surface area (Å²) in [5, 5.41) is 0. The van der Waals surface area contributed by atoms with Crippen LogP contribution < -0.4 is 0 Å². The number of rotatable bonds is 3. The Balaban J connectivity index is 1.51. The largest absolute Gasteiger partial charge is 0.103 e. The standard InChI is InChI=1S/C21H30/c1-3-17-6-10-19(11-7-17)21-14-12-20(13-15-21)18-8-4-16(2)5-9-18/h3-5,8-9,17,19-21H,1,6-7,10-15H2,2H3/t17?,19?,20-,21-. The maximum absolute atomic E-state index is 3.97. The van der Waals surface area contributed by atoms with E-state index in [1.54, 1.807) is 5.56 Å². The molecule has 21 heavy (non-hydrogen) atoms. The quantitative estimate of drug-likeness (QED) is 0.574. The monoisotopic (exact) mass is 282 g/mol. The first-order valence-corrected chi connectivity index (χ1v) is 8.95. The molecule has 0 aliphatic heterocycles. The fraction of sp³-hybridized carbons (Fsp3) is 0.619. The fourth-order valence-electron chi connectivity index (χ4n) is 4.61. The minimum atomic E-state index is 0.810. The summed E-state index contributed by atoms with van der Waals surface area (Å²) in [6, 6.07) is 9.27. The maximum Gasteiger partial charge on any atom is -0.0162 e. The highest BCUT2D eigenvalue weighted by Crippen LogP contribution is 2.43. The van der Waals surface area contributed by atoms with E-state index in [1.165, 1.54) is 56.9 Å². The third-order valence-electron chi connectivity index (χ3n) is 6.14. The Morgan fingerprint density at radius 2 is 1.33 bits per heavy atom. The van der Waals surface area contributed by atoms with Gasteiger partial charge >= 0.3 is 0 Å². The number of allylic oxidation sites excluding steroid dienone is 1. The molecule has 2 fully saturated rings. The van der Waals surface area contributed by atoms with E-state index < -0.39 is 0 Å². The smallest absolute Gasteiger partial charge is 0.0162 e. The Bertz CT molecular complexity index is 439. The molecular weight excluding hydrogens is 252 g/mol. The first kappa shape index (κ1) is 14.9. The van der Waals surface area contributed by atoms with Crippen LogP contribution >= 0.6 is 0 Å². The number of aryl methyl sites for hydroxylation is 1. The summed E-state index contributed by atoms with van der Waals surface area (Å²) in [5.41, 5.74) is 2.96. The average molecular weight is 282 g/mol. The predicted octanol–water partition coefficient (Wildman–Crippen LogP) is 6.26. The molecule has 1 aromatic rings. The van der Waals surface area contributed by atoms with Gasteiger partial charge in [-0.2, -0.15) is 0 Å². The highest BCUT2D eigenvalue weighted by Gasteiger charge is 2.30. The van der Waals surface area contributed by atoms with Crippen LogP contribution in [0.25, 0.3) is 0 Å². The van der Waals surface area contributed by atoms with Crippen molar-refractivity contribution in [1.82, 2.24) is 0 Å². The summed E-state index contributed by atoms with van der Waals surface area (Å²) in [5.74, 6) is 3.66. The van der Waals surface area contributed by atoms with Gasteiger partial charge in [-0.05, 0) is 87.5 Å². The molecule has 0 aromatic heterocycles. The lowest BCUT2D eigenvalue weighted by Gasteiger charge is -2.37. The zero-order chi connectivity index (χ0) is 14.7. The first-order valence-electron chi connectivity index (χ1n) is 8.95. The van der Waals surface area contributed by atoms with Crippen molar-refractivity contribution in [3.63, 3.8) is 0 Å². The molecule has 1 aromatic carbocycles. The second-order valence-corrected chi connectivity index (χ2v) is 7.43. The molecule has 0 heterocycles. The van der Waals surface area contributed by atoms with E-state index in [-0.39, 0.29) is 0 Å². The fourth-order valence-corrected chi connectivity index (χ4v) is 4.61. The summed E-state index contributed by atoms with van der Waals surface area (Å²) in [7, 11) is 0. The van der Waals surface area contributed by atoms with Gasteiger partial charge in [-0.3, -0.25) is 0 Å². The lowest BCUT2D eigenvalue weighted by molar-refractivity contribution is 0.171. The van der Waals surface area contributed by atoms with Gasteiger partial charge in [-0.15, -0.1) is 6.58 Å². The molecule has 0 heteroatoms. The van der Waals surface area contributed by atoms with Gasteiger partial charge < -0.3 is 0 Å². The summed E-state index contributed by atoms with van der Waals surface area (Å²) in [6.45, 7) is 6.15. The topological polar surface area (TPSA) is 0 Å². The van der Waals surface area contributed by atoms with Crippen LogP contribution in [-0.2, 0) is 0 Å². The average Bonchev–Trinajstić information content (AvgIpc) is 2.56. The van der Waals surface area contributed by atoms with E-state index in [4.69, 9.17) is 0 Å². The second-order valence-electron chi connectivity index (χ2n) is 7.43. The van der Waals surface area contributed by atoms with Gasteiger partial charge in [0, 0.05) is 0 Å². The van der Waals surface area contributed by atoms with Crippen molar-refractivity contribution < 1.29 is 0 Å². The van der Waals surface area contributed by atoms with Crippen molar-refractivity contribution in [1.29, 1.82) is 0 Å². The Labute approximate surface area is 130 Å². The van der Waals surface area contributed by atoms with Crippen molar-refractivity contribution in [2.45, 2.75) is 64.2 Å². The molecule has 0 spiro atoms. The Morgan fingerprint density at radius 1 is 0.810 bits per heavy atom. The van der Waals surface area contributed by atoms with Gasteiger partial charge in [-0.1, -0.05) is 35.9 Å². The highest BCUT2D eigenvalue weighted by atomic mass is 14.4. The van der Waals surface area contributed by atoms with E-state index in [0.29, 0.717) is 0 Å². The minimum Gasteiger partial charge on any atom is -0.103 e. The Hall–Kier alpha value is -1.04. The van der Waals surface area contributed by atoms with Gasteiger partial charge in [0.15, 0.2) is 0 Å². The molecule has 2 aliphatic carbocycles. The van der Waals surface area contributed by atoms with Crippen LogP contribution in [0.5, 0.6) is 0 Å². The molecule has 2 aliphatic rings. The SMILES string of the molecule is C=CC1CCC([C@H]2CC[C@H](c3ccc(C)cc3)CC2)CC1. The summed E-state index contributed by atoms with van der Waals surface area (Å²) >= 11 is 0. The van der Waals surface area contributed by atoms with E-state index in [2.05, 4.69) is 43.8 Å². The number of hydrogen-bond donors (Lipinski definition) is 0. The molecule has 2 saturated carbocycles. The van der Waals surface area contributed by atoms with E-state index in [9.17, 15) is 0 Å². The zero-order valence-corrected chi connectivity index (χ0v) is 13.6. The Morgan fingerprint density at radius 3 is 1.86 bits per heavy atom. The third kappa shape index (κ3) is 3.59. The van der Waals surface area contributed by atoms with Crippen LogP contribution in [0.4, 0.5) is 0 Å². The van der Waals surface area contributed by atoms with Crippen molar-refractivity contribution in [3.05, 3.63) is 48.0 Å². The van der Waals surface area contributed by atoms with Crippen LogP contribution in [0.2, 0.25) is 0 Å². The third-order valence-corrected chi connectivity index (χ3v) is 6.14. The van der Waals surface area contributed by atoms with Gasteiger partial charge in [0.25, 0.3) is 0 Å². The van der Waals surface area contributed by atoms with Gasteiger partial charge in [0.2, 0.25) is 0 Å². The summed E-state index contributed by atoms with van der Waals surface area (Å²) in [6.07, 6.45) is 13.6. The number of benzene rings is 1. The minimum absolute atomic E-state index is 0.810. The molecule has 0 saturated heterocycles. The normalized spacial score (nSPS) is 33.6. The summed E-state index contributed by atoms with van der Waals surface area (Å²) < 4.78 is 0. The molecule has 3 rings (SSSR count). The van der Waals surface area contributed by atoms with Crippen LogP contribution in [-0.4, -0.2) is 0 Å². The van der Waals surface area contributed by atoms with Crippen molar-refractivity contribution in [2.75, 3.05) is 0 Å². The van der Waals surface area contributed by atoms with Crippen LogP contribution in [0.15, 0.2) is 36.9 Å². The lowest BCUT2D eigenvalue weighted by atomic mass is 9.68. The Kier molecular flexibility index (Phi) is 4.83. The molecule has 0 bridgehead atoms. The van der Waals surface area contributed by atoms with Gasteiger partial charge in [0.1, 0.15) is 0 Å². The van der Waals surface area contributed by atoms with Crippen LogP contribution in [0.1, 0.15) is 68.4 Å². The molecule has 0 radical (unpaired) electrons. The van der Waals surface area contributed by atoms with Crippen molar-refractivity contribution >= 4 is 0 Å². The number of hydrogen-bond acceptors (Lipinski definition) is 0. The highest BCUT2D eigenvalue weighted by molar-refractivity contribution is 5.24. The zero-order valence-electron chi connectivity index (χ0n) is 13.6.